The van der Waals surface area contributed by atoms with Crippen LogP contribution in [0.2, 0.25) is 0 Å². The lowest BCUT2D eigenvalue weighted by molar-refractivity contribution is 0.276. The van der Waals surface area contributed by atoms with Gasteiger partial charge >= 0.3 is 0 Å². The Bertz CT molecular complexity index is 852. The number of hydrogen-bond donors (Lipinski definition) is 2. The van der Waals surface area contributed by atoms with Gasteiger partial charge in [-0.1, -0.05) is 42.0 Å². The molecule has 1 heterocycles. The summed E-state index contributed by atoms with van der Waals surface area (Å²) in [5.41, 5.74) is 5.42. The summed E-state index contributed by atoms with van der Waals surface area (Å²) in [6, 6.07) is 16.3. The molecule has 1 aromatic heterocycles. The van der Waals surface area contributed by atoms with E-state index in [4.69, 9.17) is 9.72 Å². The van der Waals surface area contributed by atoms with Crippen molar-refractivity contribution in [2.75, 3.05) is 19.0 Å². The summed E-state index contributed by atoms with van der Waals surface area (Å²) < 4.78 is 7.22. The lowest BCUT2D eigenvalue weighted by atomic mass is 10.1. The van der Waals surface area contributed by atoms with Gasteiger partial charge in [0.05, 0.1) is 19.4 Å². The maximum Gasteiger partial charge on any atom is 0.203 e. The van der Waals surface area contributed by atoms with Crippen molar-refractivity contribution in [2.45, 2.75) is 26.9 Å². The zero-order valence-electron chi connectivity index (χ0n) is 15.5. The number of imidazole rings is 1. The summed E-state index contributed by atoms with van der Waals surface area (Å²) in [6.45, 7) is 5.34. The molecule has 5 heteroatoms. The maximum absolute atomic E-state index is 9.44. The second-order valence-corrected chi connectivity index (χ2v) is 6.31. The Morgan fingerprint density at radius 1 is 1.04 bits per heavy atom. The van der Waals surface area contributed by atoms with Crippen LogP contribution in [0, 0.1) is 13.8 Å². The molecule has 0 aliphatic heterocycles. The lowest BCUT2D eigenvalue weighted by Gasteiger charge is -2.10. The minimum absolute atomic E-state index is 0.0712. The summed E-state index contributed by atoms with van der Waals surface area (Å²) in [6.07, 6.45) is 0. The average molecular weight is 351 g/mol. The van der Waals surface area contributed by atoms with Gasteiger partial charge in [0.25, 0.3) is 0 Å². The van der Waals surface area contributed by atoms with Crippen molar-refractivity contribution in [3.8, 4) is 17.0 Å². The molecule has 0 saturated carbocycles. The fourth-order valence-electron chi connectivity index (χ4n) is 2.95. The Morgan fingerprint density at radius 2 is 1.73 bits per heavy atom. The molecule has 0 aliphatic rings. The van der Waals surface area contributed by atoms with Crippen LogP contribution < -0.4 is 10.1 Å². The third kappa shape index (κ3) is 3.89. The number of methoxy groups -OCH3 is 1. The molecule has 0 fully saturated rings. The number of anilines is 1. The number of nitrogens with one attached hydrogen (secondary N) is 1. The zero-order chi connectivity index (χ0) is 18.5. The Balaban J connectivity index is 1.85. The maximum atomic E-state index is 9.44. The highest BCUT2D eigenvalue weighted by atomic mass is 16.5. The number of benzene rings is 2. The van der Waals surface area contributed by atoms with Gasteiger partial charge in [-0.15, -0.1) is 0 Å². The van der Waals surface area contributed by atoms with Crippen LogP contribution in [0.1, 0.15) is 16.8 Å². The van der Waals surface area contributed by atoms with E-state index in [1.807, 2.05) is 35.8 Å². The second-order valence-electron chi connectivity index (χ2n) is 6.31. The van der Waals surface area contributed by atoms with Gasteiger partial charge in [0.2, 0.25) is 5.95 Å². The first kappa shape index (κ1) is 18.0. The van der Waals surface area contributed by atoms with Gasteiger partial charge in [-0.05, 0) is 31.5 Å². The van der Waals surface area contributed by atoms with Gasteiger partial charge in [-0.3, -0.25) is 0 Å². The standard InChI is InChI=1S/C21H25N3O2/c1-15-4-8-18(9-5-15)20-16(2)24(12-13-25)21(23-20)22-14-17-6-10-19(26-3)11-7-17/h4-11,25H,12-14H2,1-3H3,(H,22,23). The lowest BCUT2D eigenvalue weighted by Crippen LogP contribution is -2.10. The van der Waals surface area contributed by atoms with Crippen molar-refractivity contribution in [3.05, 3.63) is 65.4 Å². The molecule has 0 radical (unpaired) electrons. The van der Waals surface area contributed by atoms with Crippen LogP contribution in [0.3, 0.4) is 0 Å². The van der Waals surface area contributed by atoms with E-state index in [9.17, 15) is 5.11 Å². The molecule has 26 heavy (non-hydrogen) atoms. The normalized spacial score (nSPS) is 10.8. The molecule has 3 rings (SSSR count). The van der Waals surface area contributed by atoms with Crippen LogP contribution in [-0.2, 0) is 13.1 Å². The third-order valence-corrected chi connectivity index (χ3v) is 4.48. The first-order valence-corrected chi connectivity index (χ1v) is 8.74. The molecule has 0 unspecified atom stereocenters. The number of aliphatic hydroxyl groups is 1. The first-order valence-electron chi connectivity index (χ1n) is 8.74. The predicted molar refractivity (Wildman–Crippen MR) is 105 cm³/mol. The molecule has 5 nitrogen and oxygen atoms in total. The number of rotatable bonds is 7. The van der Waals surface area contributed by atoms with E-state index < -0.39 is 0 Å². The predicted octanol–water partition coefficient (Wildman–Crippen LogP) is 3.78. The Morgan fingerprint density at radius 3 is 2.35 bits per heavy atom. The van der Waals surface area contributed by atoms with E-state index in [-0.39, 0.29) is 6.61 Å². The number of aliphatic hydroxyl groups excluding tert-OH is 1. The summed E-state index contributed by atoms with van der Waals surface area (Å²) in [5, 5.41) is 12.8. The van der Waals surface area contributed by atoms with Crippen molar-refractivity contribution >= 4 is 5.95 Å². The minimum atomic E-state index is 0.0712. The van der Waals surface area contributed by atoms with Gasteiger partial charge in [0, 0.05) is 24.3 Å². The zero-order valence-corrected chi connectivity index (χ0v) is 15.5. The second kappa shape index (κ2) is 8.06. The van der Waals surface area contributed by atoms with Crippen molar-refractivity contribution in [1.29, 1.82) is 0 Å². The summed E-state index contributed by atoms with van der Waals surface area (Å²) in [4.78, 5) is 4.79. The third-order valence-electron chi connectivity index (χ3n) is 4.48. The highest BCUT2D eigenvalue weighted by Gasteiger charge is 2.15. The Hall–Kier alpha value is -2.79. The molecule has 0 amide bonds. The van der Waals surface area contributed by atoms with Gasteiger partial charge < -0.3 is 19.7 Å². The van der Waals surface area contributed by atoms with Crippen LogP contribution in [0.5, 0.6) is 5.75 Å². The van der Waals surface area contributed by atoms with Crippen LogP contribution in [0.25, 0.3) is 11.3 Å². The van der Waals surface area contributed by atoms with Crippen molar-refractivity contribution in [1.82, 2.24) is 9.55 Å². The number of nitrogens with zero attached hydrogens (tertiary/aromatic N) is 2. The average Bonchev–Trinajstić information content (AvgIpc) is 2.97. The topological polar surface area (TPSA) is 59.3 Å². The molecular formula is C21H25N3O2. The monoisotopic (exact) mass is 351 g/mol. The van der Waals surface area contributed by atoms with Crippen molar-refractivity contribution in [2.24, 2.45) is 0 Å². The van der Waals surface area contributed by atoms with E-state index in [1.165, 1.54) is 5.56 Å². The van der Waals surface area contributed by atoms with Gasteiger partial charge in [-0.2, -0.15) is 0 Å². The van der Waals surface area contributed by atoms with Crippen molar-refractivity contribution < 1.29 is 9.84 Å². The summed E-state index contributed by atoms with van der Waals surface area (Å²) in [5.74, 6) is 1.61. The highest BCUT2D eigenvalue weighted by molar-refractivity contribution is 5.65. The molecule has 0 bridgehead atoms. The fourth-order valence-corrected chi connectivity index (χ4v) is 2.95. The van der Waals surface area contributed by atoms with E-state index in [0.717, 1.165) is 34.2 Å². The van der Waals surface area contributed by atoms with Crippen LogP contribution in [0.15, 0.2) is 48.5 Å². The van der Waals surface area contributed by atoms with E-state index in [1.54, 1.807) is 7.11 Å². The number of hydrogen-bond acceptors (Lipinski definition) is 4. The SMILES string of the molecule is COc1ccc(CNc2nc(-c3ccc(C)cc3)c(C)n2CCO)cc1. The Kier molecular flexibility index (Phi) is 5.58. The van der Waals surface area contributed by atoms with E-state index >= 15 is 0 Å². The van der Waals surface area contributed by atoms with Gasteiger partial charge in [0.15, 0.2) is 0 Å². The molecule has 136 valence electrons. The van der Waals surface area contributed by atoms with Crippen LogP contribution in [-0.4, -0.2) is 28.4 Å². The highest BCUT2D eigenvalue weighted by Crippen LogP contribution is 2.26. The summed E-state index contributed by atoms with van der Waals surface area (Å²) >= 11 is 0. The van der Waals surface area contributed by atoms with Crippen LogP contribution in [0.4, 0.5) is 5.95 Å². The summed E-state index contributed by atoms with van der Waals surface area (Å²) in [7, 11) is 1.66. The quantitative estimate of drug-likeness (QED) is 0.680. The van der Waals surface area contributed by atoms with E-state index in [0.29, 0.717) is 13.1 Å². The minimum Gasteiger partial charge on any atom is -0.497 e. The van der Waals surface area contributed by atoms with Crippen molar-refractivity contribution in [3.63, 3.8) is 0 Å². The Labute approximate surface area is 154 Å². The molecule has 2 aromatic carbocycles. The largest absolute Gasteiger partial charge is 0.497 e. The molecule has 2 N–H and O–H groups in total. The van der Waals surface area contributed by atoms with Crippen LogP contribution >= 0.6 is 0 Å². The van der Waals surface area contributed by atoms with E-state index in [2.05, 4.69) is 36.5 Å². The molecule has 0 spiro atoms. The molecule has 3 aromatic rings. The number of aromatic nitrogens is 2. The molecule has 0 saturated heterocycles. The first-order chi connectivity index (χ1) is 12.6. The van der Waals surface area contributed by atoms with Gasteiger partial charge in [-0.25, -0.2) is 4.98 Å². The number of ether oxygens (including phenoxy) is 1. The van der Waals surface area contributed by atoms with Gasteiger partial charge in [0.1, 0.15) is 5.75 Å². The fraction of sp³-hybridized carbons (Fsp3) is 0.286. The molecule has 0 aliphatic carbocycles. The number of aryl methyl sites for hydroxylation is 1. The smallest absolute Gasteiger partial charge is 0.203 e. The molecular weight excluding hydrogens is 326 g/mol. The molecule has 0 atom stereocenters.